The van der Waals surface area contributed by atoms with Gasteiger partial charge in [0.05, 0.1) is 5.75 Å². The number of hydrogen-bond acceptors (Lipinski definition) is 6. The van der Waals surface area contributed by atoms with E-state index in [0.717, 1.165) is 47.8 Å². The van der Waals surface area contributed by atoms with E-state index in [-0.39, 0.29) is 18.3 Å². The number of nitrogens with zero attached hydrogens (tertiary/aromatic N) is 2. The first-order valence-electron chi connectivity index (χ1n) is 9.94. The molecule has 0 spiro atoms. The number of piperazine rings is 1. The molecule has 0 saturated carbocycles. The lowest BCUT2D eigenvalue weighted by molar-refractivity contribution is -0.144. The summed E-state index contributed by atoms with van der Waals surface area (Å²) >= 11 is 4.75. The summed E-state index contributed by atoms with van der Waals surface area (Å²) in [5.41, 5.74) is 1.84. The van der Waals surface area contributed by atoms with Crippen molar-refractivity contribution in [2.45, 2.75) is 11.8 Å². The zero-order valence-corrected chi connectivity index (χ0v) is 19.4. The van der Waals surface area contributed by atoms with Crippen molar-refractivity contribution in [2.75, 3.05) is 55.3 Å². The topological polar surface area (TPSA) is 61.9 Å². The molecule has 1 fully saturated rings. The largest absolute Gasteiger partial charge is 0.455 e. The van der Waals surface area contributed by atoms with Gasteiger partial charge in [0.1, 0.15) is 0 Å². The van der Waals surface area contributed by atoms with Gasteiger partial charge >= 0.3 is 5.97 Å². The molecule has 1 saturated heterocycles. The maximum Gasteiger partial charge on any atom is 0.316 e. The SMILES string of the molecule is CCN1CCN(c2ccc(NC(=O)COC(=O)CSc3ccc(Br)cc3)cc2)CC1. The summed E-state index contributed by atoms with van der Waals surface area (Å²) in [5.74, 6) is -0.601. The molecule has 0 radical (unpaired) electrons. The Morgan fingerprint density at radius 1 is 1.03 bits per heavy atom. The van der Waals surface area contributed by atoms with E-state index < -0.39 is 5.97 Å². The van der Waals surface area contributed by atoms with Gasteiger partial charge in [-0.25, -0.2) is 0 Å². The van der Waals surface area contributed by atoms with Crippen LogP contribution in [0.3, 0.4) is 0 Å². The van der Waals surface area contributed by atoms with Crippen LogP contribution in [-0.2, 0) is 14.3 Å². The Labute approximate surface area is 190 Å². The molecule has 1 amide bonds. The highest BCUT2D eigenvalue weighted by Crippen LogP contribution is 2.21. The number of esters is 1. The fourth-order valence-corrected chi connectivity index (χ4v) is 4.10. The van der Waals surface area contributed by atoms with Crippen molar-refractivity contribution in [3.05, 3.63) is 53.0 Å². The molecule has 3 rings (SSSR count). The first-order valence-corrected chi connectivity index (χ1v) is 11.7. The quantitative estimate of drug-likeness (QED) is 0.446. The first-order chi connectivity index (χ1) is 14.5. The summed E-state index contributed by atoms with van der Waals surface area (Å²) in [5, 5.41) is 2.77. The number of halogens is 1. The Balaban J connectivity index is 1.38. The average molecular weight is 492 g/mol. The van der Waals surface area contributed by atoms with Crippen LogP contribution in [0.25, 0.3) is 0 Å². The number of ether oxygens (including phenoxy) is 1. The Kier molecular flexibility index (Phi) is 8.60. The Morgan fingerprint density at radius 3 is 2.33 bits per heavy atom. The number of hydrogen-bond donors (Lipinski definition) is 1. The molecule has 1 aliphatic heterocycles. The molecule has 2 aromatic rings. The number of amides is 1. The number of thioether (sulfide) groups is 1. The third-order valence-corrected chi connectivity index (χ3v) is 6.38. The van der Waals surface area contributed by atoms with E-state index in [1.54, 1.807) is 0 Å². The lowest BCUT2D eigenvalue weighted by Crippen LogP contribution is -2.46. The van der Waals surface area contributed by atoms with Crippen molar-refractivity contribution in [1.29, 1.82) is 0 Å². The van der Waals surface area contributed by atoms with Gasteiger partial charge in [-0.2, -0.15) is 0 Å². The minimum absolute atomic E-state index is 0.162. The monoisotopic (exact) mass is 491 g/mol. The third-order valence-electron chi connectivity index (χ3n) is 4.87. The highest BCUT2D eigenvalue weighted by Gasteiger charge is 2.16. The second kappa shape index (κ2) is 11.4. The number of carbonyl (C=O) groups is 2. The van der Waals surface area contributed by atoms with E-state index in [9.17, 15) is 9.59 Å². The lowest BCUT2D eigenvalue weighted by atomic mass is 10.2. The van der Waals surface area contributed by atoms with Gasteiger partial charge in [0.2, 0.25) is 0 Å². The van der Waals surface area contributed by atoms with Gasteiger partial charge in [-0.15, -0.1) is 11.8 Å². The third kappa shape index (κ3) is 7.04. The molecule has 2 aromatic carbocycles. The molecule has 30 heavy (non-hydrogen) atoms. The van der Waals surface area contributed by atoms with Crippen molar-refractivity contribution in [3.8, 4) is 0 Å². The van der Waals surface area contributed by atoms with Gasteiger partial charge in [0.25, 0.3) is 5.91 Å². The molecule has 1 heterocycles. The Bertz CT molecular complexity index is 838. The van der Waals surface area contributed by atoms with Crippen LogP contribution in [0.2, 0.25) is 0 Å². The van der Waals surface area contributed by atoms with Gasteiger partial charge in [0.15, 0.2) is 6.61 Å². The van der Waals surface area contributed by atoms with E-state index in [4.69, 9.17) is 4.74 Å². The highest BCUT2D eigenvalue weighted by atomic mass is 79.9. The van der Waals surface area contributed by atoms with Crippen LogP contribution >= 0.6 is 27.7 Å². The summed E-state index contributed by atoms with van der Waals surface area (Å²) in [6.45, 7) is 7.14. The average Bonchev–Trinajstić information content (AvgIpc) is 2.78. The highest BCUT2D eigenvalue weighted by molar-refractivity contribution is 9.10. The predicted octanol–water partition coefficient (Wildman–Crippen LogP) is 3.87. The minimum atomic E-state index is -0.417. The summed E-state index contributed by atoms with van der Waals surface area (Å²) in [6, 6.07) is 15.4. The molecule has 1 N–H and O–H groups in total. The summed E-state index contributed by atoms with van der Waals surface area (Å²) in [6.07, 6.45) is 0. The Morgan fingerprint density at radius 2 is 1.70 bits per heavy atom. The van der Waals surface area contributed by atoms with Crippen molar-refractivity contribution >= 4 is 50.9 Å². The van der Waals surface area contributed by atoms with E-state index in [2.05, 4.69) is 38.0 Å². The fraction of sp³-hybridized carbons (Fsp3) is 0.364. The van der Waals surface area contributed by atoms with Crippen molar-refractivity contribution < 1.29 is 14.3 Å². The van der Waals surface area contributed by atoms with Gasteiger partial charge in [-0.05, 0) is 55.1 Å². The molecule has 0 bridgehead atoms. The molecular weight excluding hydrogens is 466 g/mol. The number of carbonyl (C=O) groups excluding carboxylic acids is 2. The molecule has 0 atom stereocenters. The molecule has 160 valence electrons. The molecule has 0 aromatic heterocycles. The zero-order valence-electron chi connectivity index (χ0n) is 17.0. The number of anilines is 2. The van der Waals surface area contributed by atoms with E-state index in [1.165, 1.54) is 11.8 Å². The second-order valence-electron chi connectivity index (χ2n) is 6.92. The smallest absolute Gasteiger partial charge is 0.316 e. The van der Waals surface area contributed by atoms with Crippen molar-refractivity contribution in [3.63, 3.8) is 0 Å². The minimum Gasteiger partial charge on any atom is -0.455 e. The van der Waals surface area contributed by atoms with Gasteiger partial charge in [0, 0.05) is 46.9 Å². The van der Waals surface area contributed by atoms with Crippen LogP contribution in [-0.4, -0.2) is 61.9 Å². The van der Waals surface area contributed by atoms with Gasteiger partial charge in [-0.3, -0.25) is 9.59 Å². The van der Waals surface area contributed by atoms with Gasteiger partial charge < -0.3 is 19.9 Å². The normalized spacial score (nSPS) is 14.4. The van der Waals surface area contributed by atoms with Crippen LogP contribution in [0, 0.1) is 0 Å². The number of likely N-dealkylation sites (N-methyl/N-ethyl adjacent to an activating group) is 1. The molecular formula is C22H26BrN3O3S. The molecule has 0 unspecified atom stereocenters. The van der Waals surface area contributed by atoms with Crippen LogP contribution in [0.4, 0.5) is 11.4 Å². The fourth-order valence-electron chi connectivity index (χ4n) is 3.14. The van der Waals surface area contributed by atoms with Crippen LogP contribution in [0.5, 0.6) is 0 Å². The maximum absolute atomic E-state index is 12.1. The molecule has 1 aliphatic rings. The van der Waals surface area contributed by atoms with Crippen LogP contribution < -0.4 is 10.2 Å². The maximum atomic E-state index is 12.1. The predicted molar refractivity (Wildman–Crippen MR) is 125 cm³/mol. The standard InChI is InChI=1S/C22H26BrN3O3S/c1-2-25-11-13-26(14-12-25)19-7-5-18(6-8-19)24-21(27)15-29-22(28)16-30-20-9-3-17(23)4-10-20/h3-10H,2,11-16H2,1H3,(H,24,27). The first kappa shape index (κ1) is 22.7. The van der Waals surface area contributed by atoms with E-state index in [1.807, 2.05) is 48.5 Å². The number of benzene rings is 2. The molecule has 0 aliphatic carbocycles. The van der Waals surface area contributed by atoms with Gasteiger partial charge in [-0.1, -0.05) is 22.9 Å². The zero-order chi connectivity index (χ0) is 21.3. The van der Waals surface area contributed by atoms with Crippen molar-refractivity contribution in [2.24, 2.45) is 0 Å². The van der Waals surface area contributed by atoms with E-state index in [0.29, 0.717) is 5.69 Å². The van der Waals surface area contributed by atoms with Crippen LogP contribution in [0.1, 0.15) is 6.92 Å². The lowest BCUT2D eigenvalue weighted by Gasteiger charge is -2.35. The molecule has 8 heteroatoms. The Hall–Kier alpha value is -2.03. The van der Waals surface area contributed by atoms with E-state index >= 15 is 0 Å². The second-order valence-corrected chi connectivity index (χ2v) is 8.88. The number of nitrogens with one attached hydrogen (secondary N) is 1. The van der Waals surface area contributed by atoms with Crippen molar-refractivity contribution in [1.82, 2.24) is 4.90 Å². The summed E-state index contributed by atoms with van der Waals surface area (Å²) in [4.78, 5) is 29.7. The van der Waals surface area contributed by atoms with Crippen LogP contribution in [0.15, 0.2) is 57.9 Å². The summed E-state index contributed by atoms with van der Waals surface area (Å²) in [7, 11) is 0. The molecule has 6 nitrogen and oxygen atoms in total. The summed E-state index contributed by atoms with van der Waals surface area (Å²) < 4.78 is 6.05. The number of rotatable bonds is 8.